The summed E-state index contributed by atoms with van der Waals surface area (Å²) < 4.78 is 5.83. The second-order valence-corrected chi connectivity index (χ2v) is 6.38. The minimum atomic E-state index is 0.616. The van der Waals surface area contributed by atoms with Gasteiger partial charge < -0.3 is 15.4 Å². The predicted octanol–water partition coefficient (Wildman–Crippen LogP) is 3.35. The topological polar surface area (TPSA) is 33.3 Å². The van der Waals surface area contributed by atoms with E-state index in [1.54, 1.807) is 0 Å². The molecule has 1 aliphatic rings. The third kappa shape index (κ3) is 4.81. The Morgan fingerprint density at radius 2 is 1.83 bits per heavy atom. The van der Waals surface area contributed by atoms with E-state index in [2.05, 4.69) is 54.0 Å². The van der Waals surface area contributed by atoms with Crippen LogP contribution in [0.1, 0.15) is 24.5 Å². The highest BCUT2D eigenvalue weighted by Crippen LogP contribution is 2.16. The first-order valence-corrected chi connectivity index (χ1v) is 8.51. The lowest BCUT2D eigenvalue weighted by molar-refractivity contribution is 0.295. The van der Waals surface area contributed by atoms with Crippen molar-refractivity contribution in [3.63, 3.8) is 0 Å². The molecule has 0 saturated carbocycles. The zero-order valence-corrected chi connectivity index (χ0v) is 13.8. The van der Waals surface area contributed by atoms with Gasteiger partial charge in [-0.25, -0.2) is 0 Å². The van der Waals surface area contributed by atoms with E-state index >= 15 is 0 Å². The van der Waals surface area contributed by atoms with E-state index in [4.69, 9.17) is 4.74 Å². The maximum absolute atomic E-state index is 5.83. The molecule has 1 fully saturated rings. The molecular formula is C20H26N2O. The summed E-state index contributed by atoms with van der Waals surface area (Å²) in [4.78, 5) is 0. The molecule has 3 heteroatoms. The number of ether oxygens (including phenoxy) is 1. The number of rotatable bonds is 6. The van der Waals surface area contributed by atoms with E-state index in [9.17, 15) is 0 Å². The quantitative estimate of drug-likeness (QED) is 0.858. The Labute approximate surface area is 139 Å². The lowest BCUT2D eigenvalue weighted by Crippen LogP contribution is -2.45. The number of hydrogen-bond acceptors (Lipinski definition) is 3. The third-order valence-corrected chi connectivity index (χ3v) is 4.53. The van der Waals surface area contributed by atoms with E-state index in [1.807, 2.05) is 18.2 Å². The molecule has 3 nitrogen and oxygen atoms in total. The van der Waals surface area contributed by atoms with Gasteiger partial charge in [0.05, 0.1) is 0 Å². The van der Waals surface area contributed by atoms with Crippen molar-refractivity contribution in [3.8, 4) is 5.75 Å². The molecule has 2 aromatic carbocycles. The normalized spacial score (nSPS) is 21.1. The average Bonchev–Trinajstić information content (AvgIpc) is 2.61. The molecule has 23 heavy (non-hydrogen) atoms. The summed E-state index contributed by atoms with van der Waals surface area (Å²) in [7, 11) is 0. The first-order valence-electron chi connectivity index (χ1n) is 8.51. The van der Waals surface area contributed by atoms with Crippen LogP contribution >= 0.6 is 0 Å². The maximum atomic E-state index is 5.83. The lowest BCUT2D eigenvalue weighted by atomic mass is 9.95. The van der Waals surface area contributed by atoms with Crippen LogP contribution in [-0.2, 0) is 13.2 Å². The summed E-state index contributed by atoms with van der Waals surface area (Å²) in [5.74, 6) is 1.62. The highest BCUT2D eigenvalue weighted by Gasteiger charge is 2.19. The standard InChI is InChI=1S/C20H26N2O/c1-16-13-21-12-11-20(16)22-14-17-7-9-19(10-8-17)23-15-18-5-3-2-4-6-18/h2-10,16,20-22H,11-15H2,1H3. The molecule has 1 saturated heterocycles. The van der Waals surface area contributed by atoms with E-state index < -0.39 is 0 Å². The zero-order chi connectivity index (χ0) is 15.9. The van der Waals surface area contributed by atoms with Crippen LogP contribution in [0.15, 0.2) is 54.6 Å². The zero-order valence-electron chi connectivity index (χ0n) is 13.8. The number of nitrogens with one attached hydrogen (secondary N) is 2. The number of piperidine rings is 1. The summed E-state index contributed by atoms with van der Waals surface area (Å²) in [6.07, 6.45) is 1.21. The summed E-state index contributed by atoms with van der Waals surface area (Å²) in [5, 5.41) is 7.13. The van der Waals surface area contributed by atoms with E-state index in [0.29, 0.717) is 18.6 Å². The Morgan fingerprint density at radius 1 is 1.04 bits per heavy atom. The van der Waals surface area contributed by atoms with E-state index in [1.165, 1.54) is 17.5 Å². The highest BCUT2D eigenvalue weighted by molar-refractivity contribution is 5.27. The van der Waals surface area contributed by atoms with Crippen LogP contribution in [0.3, 0.4) is 0 Å². The Balaban J connectivity index is 1.47. The fourth-order valence-corrected chi connectivity index (χ4v) is 3.01. The summed E-state index contributed by atoms with van der Waals surface area (Å²) in [5.41, 5.74) is 2.50. The molecule has 2 unspecified atom stereocenters. The molecular weight excluding hydrogens is 284 g/mol. The Morgan fingerprint density at radius 3 is 2.57 bits per heavy atom. The Bertz CT molecular complexity index is 582. The minimum absolute atomic E-state index is 0.616. The SMILES string of the molecule is CC1CNCCC1NCc1ccc(OCc2ccccc2)cc1. The fraction of sp³-hybridized carbons (Fsp3) is 0.400. The first-order chi connectivity index (χ1) is 11.3. The molecule has 2 N–H and O–H groups in total. The highest BCUT2D eigenvalue weighted by atomic mass is 16.5. The fourth-order valence-electron chi connectivity index (χ4n) is 3.01. The Kier molecular flexibility index (Phi) is 5.67. The van der Waals surface area contributed by atoms with Gasteiger partial charge in [0, 0.05) is 12.6 Å². The smallest absolute Gasteiger partial charge is 0.119 e. The van der Waals surface area contributed by atoms with E-state index in [0.717, 1.165) is 25.4 Å². The minimum Gasteiger partial charge on any atom is -0.489 e. The van der Waals surface area contributed by atoms with Crippen molar-refractivity contribution in [1.29, 1.82) is 0 Å². The number of benzene rings is 2. The molecule has 3 rings (SSSR count). The van der Waals surface area contributed by atoms with Gasteiger partial charge in [-0.15, -0.1) is 0 Å². The molecule has 2 atom stereocenters. The van der Waals surface area contributed by atoms with Gasteiger partial charge >= 0.3 is 0 Å². The van der Waals surface area contributed by atoms with Crippen LogP contribution in [-0.4, -0.2) is 19.1 Å². The molecule has 2 aromatic rings. The van der Waals surface area contributed by atoms with Gasteiger partial charge in [0.2, 0.25) is 0 Å². The van der Waals surface area contributed by atoms with Crippen LogP contribution in [0.4, 0.5) is 0 Å². The van der Waals surface area contributed by atoms with Gasteiger partial charge in [0.15, 0.2) is 0 Å². The van der Waals surface area contributed by atoms with Crippen molar-refractivity contribution in [2.24, 2.45) is 5.92 Å². The van der Waals surface area contributed by atoms with Gasteiger partial charge in [0.25, 0.3) is 0 Å². The second kappa shape index (κ2) is 8.14. The molecule has 0 bridgehead atoms. The van der Waals surface area contributed by atoms with Crippen molar-refractivity contribution in [2.45, 2.75) is 32.5 Å². The predicted molar refractivity (Wildman–Crippen MR) is 94.5 cm³/mol. The molecule has 0 spiro atoms. The van der Waals surface area contributed by atoms with Crippen molar-refractivity contribution >= 4 is 0 Å². The molecule has 0 aliphatic carbocycles. The van der Waals surface area contributed by atoms with Crippen molar-refractivity contribution in [1.82, 2.24) is 10.6 Å². The molecule has 0 amide bonds. The van der Waals surface area contributed by atoms with Gasteiger partial charge in [0.1, 0.15) is 12.4 Å². The Hall–Kier alpha value is -1.84. The molecule has 0 radical (unpaired) electrons. The van der Waals surface area contributed by atoms with Crippen molar-refractivity contribution in [3.05, 3.63) is 65.7 Å². The molecule has 1 aliphatic heterocycles. The molecule has 1 heterocycles. The van der Waals surface area contributed by atoms with Crippen LogP contribution in [0.5, 0.6) is 5.75 Å². The van der Waals surface area contributed by atoms with Gasteiger partial charge in [-0.2, -0.15) is 0 Å². The van der Waals surface area contributed by atoms with Crippen LogP contribution in [0.25, 0.3) is 0 Å². The van der Waals surface area contributed by atoms with Gasteiger partial charge in [-0.3, -0.25) is 0 Å². The van der Waals surface area contributed by atoms with Crippen LogP contribution in [0.2, 0.25) is 0 Å². The number of hydrogen-bond donors (Lipinski definition) is 2. The lowest BCUT2D eigenvalue weighted by Gasteiger charge is -2.30. The largest absolute Gasteiger partial charge is 0.489 e. The van der Waals surface area contributed by atoms with Gasteiger partial charge in [-0.05, 0) is 48.7 Å². The second-order valence-electron chi connectivity index (χ2n) is 6.38. The maximum Gasteiger partial charge on any atom is 0.119 e. The van der Waals surface area contributed by atoms with Gasteiger partial charge in [-0.1, -0.05) is 49.4 Å². The average molecular weight is 310 g/mol. The van der Waals surface area contributed by atoms with Crippen LogP contribution in [0, 0.1) is 5.92 Å². The summed E-state index contributed by atoms with van der Waals surface area (Å²) >= 11 is 0. The molecule has 0 aromatic heterocycles. The first kappa shape index (κ1) is 16.0. The summed E-state index contributed by atoms with van der Waals surface area (Å²) in [6.45, 7) is 6.08. The molecule has 122 valence electrons. The summed E-state index contributed by atoms with van der Waals surface area (Å²) in [6, 6.07) is 19.3. The monoisotopic (exact) mass is 310 g/mol. The third-order valence-electron chi connectivity index (χ3n) is 4.53. The van der Waals surface area contributed by atoms with E-state index in [-0.39, 0.29) is 0 Å². The van der Waals surface area contributed by atoms with Crippen LogP contribution < -0.4 is 15.4 Å². The van der Waals surface area contributed by atoms with Crippen molar-refractivity contribution in [2.75, 3.05) is 13.1 Å². The van der Waals surface area contributed by atoms with Crippen molar-refractivity contribution < 1.29 is 4.74 Å².